The standard InChI is InChI=1S/C39H81NO5/c1-4-6-8-10-12-14-16-18-20-22-24-26-28-30-32-34-38(42,43)36(37(3,40)41)39(44,45)35-33-31-29-27-25-23-21-19-17-15-13-11-9-7-5-2/h36,41-45H,4-35,40H2,1-3H3. The minimum atomic E-state index is -2.46. The van der Waals surface area contributed by atoms with Gasteiger partial charge in [-0.15, -0.1) is 0 Å². The predicted molar refractivity (Wildman–Crippen MR) is 192 cm³/mol. The van der Waals surface area contributed by atoms with E-state index in [9.17, 15) is 25.5 Å². The summed E-state index contributed by atoms with van der Waals surface area (Å²) in [6, 6.07) is 0. The Morgan fingerprint density at radius 2 is 0.533 bits per heavy atom. The summed E-state index contributed by atoms with van der Waals surface area (Å²) in [6.45, 7) is 5.74. The van der Waals surface area contributed by atoms with Gasteiger partial charge >= 0.3 is 0 Å². The van der Waals surface area contributed by atoms with Gasteiger partial charge in [-0.1, -0.05) is 194 Å². The van der Waals surface area contributed by atoms with Crippen LogP contribution in [-0.2, 0) is 0 Å². The maximum atomic E-state index is 10.9. The summed E-state index contributed by atoms with van der Waals surface area (Å²) in [6.07, 6.45) is 36.2. The van der Waals surface area contributed by atoms with Gasteiger partial charge in [0.15, 0.2) is 11.6 Å². The van der Waals surface area contributed by atoms with Crippen LogP contribution in [0.2, 0.25) is 0 Å². The summed E-state index contributed by atoms with van der Waals surface area (Å²) in [5.41, 5.74) is 3.74. The molecule has 0 aliphatic carbocycles. The Morgan fingerprint density at radius 3 is 0.711 bits per heavy atom. The van der Waals surface area contributed by atoms with Crippen LogP contribution in [-0.4, -0.2) is 42.8 Å². The minimum absolute atomic E-state index is 0.0506. The van der Waals surface area contributed by atoms with Crippen molar-refractivity contribution in [3.05, 3.63) is 0 Å². The fourth-order valence-corrected chi connectivity index (χ4v) is 7.11. The van der Waals surface area contributed by atoms with Gasteiger partial charge in [0.2, 0.25) is 0 Å². The van der Waals surface area contributed by atoms with Gasteiger partial charge < -0.3 is 31.3 Å². The van der Waals surface area contributed by atoms with E-state index in [1.165, 1.54) is 148 Å². The van der Waals surface area contributed by atoms with Gasteiger partial charge in [0.1, 0.15) is 11.6 Å². The van der Waals surface area contributed by atoms with Crippen LogP contribution in [0, 0.1) is 5.92 Å². The van der Waals surface area contributed by atoms with E-state index in [0.29, 0.717) is 12.8 Å². The van der Waals surface area contributed by atoms with Crippen molar-refractivity contribution in [1.29, 1.82) is 0 Å². The largest absolute Gasteiger partial charge is 0.376 e. The second-order valence-corrected chi connectivity index (χ2v) is 14.8. The summed E-state index contributed by atoms with van der Waals surface area (Å²) < 4.78 is 0. The van der Waals surface area contributed by atoms with E-state index in [-0.39, 0.29) is 12.8 Å². The number of hydrogen-bond acceptors (Lipinski definition) is 6. The molecule has 0 saturated carbocycles. The van der Waals surface area contributed by atoms with Crippen LogP contribution in [0.25, 0.3) is 0 Å². The van der Waals surface area contributed by atoms with Gasteiger partial charge in [-0.05, 0) is 19.8 Å². The summed E-state index contributed by atoms with van der Waals surface area (Å²) in [7, 11) is 0. The van der Waals surface area contributed by atoms with Gasteiger partial charge in [-0.25, -0.2) is 0 Å². The van der Waals surface area contributed by atoms with E-state index in [0.717, 1.165) is 38.5 Å². The zero-order valence-electron chi connectivity index (χ0n) is 30.5. The Hall–Kier alpha value is -0.240. The zero-order chi connectivity index (χ0) is 33.7. The highest BCUT2D eigenvalue weighted by Gasteiger charge is 2.55. The molecule has 6 nitrogen and oxygen atoms in total. The van der Waals surface area contributed by atoms with Crippen LogP contribution in [0.15, 0.2) is 0 Å². The molecular formula is C39H81NO5. The van der Waals surface area contributed by atoms with E-state index in [4.69, 9.17) is 5.73 Å². The van der Waals surface area contributed by atoms with E-state index in [2.05, 4.69) is 13.8 Å². The van der Waals surface area contributed by atoms with Gasteiger partial charge in [0, 0.05) is 12.8 Å². The topological polar surface area (TPSA) is 127 Å². The lowest BCUT2D eigenvalue weighted by Gasteiger charge is -2.45. The quantitative estimate of drug-likeness (QED) is 0.0301. The van der Waals surface area contributed by atoms with Gasteiger partial charge in [-0.3, -0.25) is 0 Å². The number of nitrogens with two attached hydrogens (primary N) is 1. The molecule has 0 saturated heterocycles. The van der Waals surface area contributed by atoms with Gasteiger partial charge in [0.05, 0.1) is 0 Å². The molecule has 0 aromatic rings. The molecule has 7 N–H and O–H groups in total. The first-order chi connectivity index (χ1) is 21.5. The maximum absolute atomic E-state index is 10.9. The van der Waals surface area contributed by atoms with Crippen molar-refractivity contribution >= 4 is 0 Å². The molecule has 0 fully saturated rings. The zero-order valence-corrected chi connectivity index (χ0v) is 30.5. The van der Waals surface area contributed by atoms with Gasteiger partial charge in [-0.2, -0.15) is 0 Å². The van der Waals surface area contributed by atoms with Crippen molar-refractivity contribution in [2.75, 3.05) is 0 Å². The van der Waals surface area contributed by atoms with E-state index in [1.54, 1.807) is 0 Å². The second kappa shape index (κ2) is 28.7. The third-order valence-electron chi connectivity index (χ3n) is 9.81. The molecule has 6 heteroatoms. The predicted octanol–water partition coefficient (Wildman–Crippen LogP) is 10.2. The highest BCUT2D eigenvalue weighted by atomic mass is 16.5. The van der Waals surface area contributed by atoms with Crippen LogP contribution < -0.4 is 5.73 Å². The second-order valence-electron chi connectivity index (χ2n) is 14.8. The molecule has 0 spiro atoms. The lowest BCUT2D eigenvalue weighted by Crippen LogP contribution is -2.65. The van der Waals surface area contributed by atoms with Crippen molar-refractivity contribution in [1.82, 2.24) is 0 Å². The van der Waals surface area contributed by atoms with Crippen molar-refractivity contribution in [3.63, 3.8) is 0 Å². The SMILES string of the molecule is CCCCCCCCCCCCCCCCCC(O)(O)C(C(C)(N)O)C(O)(O)CCCCCCCCCCCCCCCCC. The molecule has 0 rings (SSSR count). The highest BCUT2D eigenvalue weighted by molar-refractivity contribution is 4.95. The molecule has 0 bridgehead atoms. The normalized spacial score (nSPS) is 14.0. The van der Waals surface area contributed by atoms with Crippen molar-refractivity contribution in [2.45, 2.75) is 244 Å². The Bertz CT molecular complexity index is 573. The number of aliphatic hydroxyl groups is 5. The third kappa shape index (κ3) is 26.4. The van der Waals surface area contributed by atoms with Crippen molar-refractivity contribution in [3.8, 4) is 0 Å². The van der Waals surface area contributed by atoms with Crippen molar-refractivity contribution < 1.29 is 25.5 Å². The average molecular weight is 644 g/mol. The maximum Gasteiger partial charge on any atom is 0.174 e. The molecule has 0 amide bonds. The molecule has 0 aromatic heterocycles. The van der Waals surface area contributed by atoms with Crippen LogP contribution in [0.3, 0.4) is 0 Å². The molecule has 0 heterocycles. The van der Waals surface area contributed by atoms with E-state index in [1.807, 2.05) is 0 Å². The van der Waals surface area contributed by atoms with E-state index < -0.39 is 23.2 Å². The average Bonchev–Trinajstić information content (AvgIpc) is 2.96. The number of hydrogen-bond donors (Lipinski definition) is 6. The molecule has 0 aromatic carbocycles. The van der Waals surface area contributed by atoms with E-state index >= 15 is 0 Å². The summed E-state index contributed by atoms with van der Waals surface area (Å²) in [5.74, 6) is -6.61. The lowest BCUT2D eigenvalue weighted by molar-refractivity contribution is -0.341. The lowest BCUT2D eigenvalue weighted by atomic mass is 9.77. The summed E-state index contributed by atoms with van der Waals surface area (Å²) in [4.78, 5) is 0. The van der Waals surface area contributed by atoms with Crippen LogP contribution >= 0.6 is 0 Å². The Balaban J connectivity index is 4.06. The number of unbranched alkanes of at least 4 members (excludes halogenated alkanes) is 28. The minimum Gasteiger partial charge on any atom is -0.376 e. The van der Waals surface area contributed by atoms with Gasteiger partial charge in [0.25, 0.3) is 0 Å². The smallest absolute Gasteiger partial charge is 0.174 e. The summed E-state index contributed by atoms with van der Waals surface area (Å²) in [5, 5.41) is 54.0. The Labute approximate surface area is 280 Å². The molecule has 1 atom stereocenters. The first-order valence-electron chi connectivity index (χ1n) is 19.9. The Morgan fingerprint density at radius 1 is 0.356 bits per heavy atom. The molecule has 272 valence electrons. The number of rotatable bonds is 35. The third-order valence-corrected chi connectivity index (χ3v) is 9.81. The fraction of sp³-hybridized carbons (Fsp3) is 1.00. The molecule has 1 unspecified atom stereocenters. The molecular weight excluding hydrogens is 562 g/mol. The van der Waals surface area contributed by atoms with Crippen LogP contribution in [0.1, 0.15) is 226 Å². The highest BCUT2D eigenvalue weighted by Crippen LogP contribution is 2.38. The Kier molecular flexibility index (Phi) is 28.6. The first-order valence-corrected chi connectivity index (χ1v) is 19.9. The fourth-order valence-electron chi connectivity index (χ4n) is 7.11. The molecule has 0 aliphatic rings. The van der Waals surface area contributed by atoms with Crippen LogP contribution in [0.5, 0.6) is 0 Å². The first kappa shape index (κ1) is 44.8. The molecule has 0 aliphatic heterocycles. The summed E-state index contributed by atoms with van der Waals surface area (Å²) >= 11 is 0. The molecule has 45 heavy (non-hydrogen) atoms. The molecule has 0 radical (unpaired) electrons. The monoisotopic (exact) mass is 644 g/mol. The van der Waals surface area contributed by atoms with Crippen LogP contribution in [0.4, 0.5) is 0 Å². The van der Waals surface area contributed by atoms with Crippen molar-refractivity contribution in [2.24, 2.45) is 11.7 Å².